The first-order valence-electron chi connectivity index (χ1n) is 8.42. The average molecular weight is 364 g/mol. The first-order valence-corrected chi connectivity index (χ1v) is 8.42. The van der Waals surface area contributed by atoms with Gasteiger partial charge in [0.05, 0.1) is 0 Å². The second-order valence-electron chi connectivity index (χ2n) is 6.06. The zero-order valence-electron chi connectivity index (χ0n) is 14.4. The van der Waals surface area contributed by atoms with Gasteiger partial charge in [-0.15, -0.1) is 0 Å². The van der Waals surface area contributed by atoms with E-state index in [0.717, 1.165) is 19.3 Å². The van der Waals surface area contributed by atoms with Gasteiger partial charge in [-0.3, -0.25) is 19.2 Å². The predicted molar refractivity (Wildman–Crippen MR) is 94.4 cm³/mol. The number of anilines is 1. The number of primary amides is 1. The van der Waals surface area contributed by atoms with Crippen LogP contribution in [0.1, 0.15) is 44.1 Å². The highest BCUT2D eigenvalue weighted by Crippen LogP contribution is 2.15. The summed E-state index contributed by atoms with van der Waals surface area (Å²) in [6.07, 6.45) is 3.73. The monoisotopic (exact) mass is 364 g/mol. The van der Waals surface area contributed by atoms with E-state index in [1.807, 2.05) is 0 Å². The Morgan fingerprint density at radius 1 is 0.885 bits per heavy atom. The van der Waals surface area contributed by atoms with Crippen LogP contribution in [0.4, 0.5) is 5.69 Å². The summed E-state index contributed by atoms with van der Waals surface area (Å²) in [7, 11) is 0. The average Bonchev–Trinajstić information content (AvgIpc) is 2.56. The van der Waals surface area contributed by atoms with Crippen molar-refractivity contribution >= 4 is 29.4 Å². The lowest BCUT2D eigenvalue weighted by molar-refractivity contribution is -0.154. The standard InChI is InChI=1S/C18H24N2O6/c19-15(21)5-3-1-2-4-6-16(22)20-13-9-7-12(8-10-13)11-14(17(23)24)18(25)26/h7-10,14H,1-6,11H2,(H2,19,21)(H,20,22)(H,23,24)(H,25,26). The highest BCUT2D eigenvalue weighted by molar-refractivity contribution is 5.93. The smallest absolute Gasteiger partial charge is 0.318 e. The number of hydrogen-bond donors (Lipinski definition) is 4. The molecule has 0 saturated carbocycles. The van der Waals surface area contributed by atoms with E-state index in [9.17, 15) is 19.2 Å². The number of aliphatic carboxylic acids is 2. The van der Waals surface area contributed by atoms with Crippen molar-refractivity contribution in [2.24, 2.45) is 11.7 Å². The van der Waals surface area contributed by atoms with E-state index in [4.69, 9.17) is 15.9 Å². The van der Waals surface area contributed by atoms with Crippen LogP contribution in [0.25, 0.3) is 0 Å². The Morgan fingerprint density at radius 2 is 1.42 bits per heavy atom. The Morgan fingerprint density at radius 3 is 1.92 bits per heavy atom. The van der Waals surface area contributed by atoms with Crippen LogP contribution in [0, 0.1) is 5.92 Å². The minimum atomic E-state index is -1.50. The summed E-state index contributed by atoms with van der Waals surface area (Å²) in [6, 6.07) is 6.42. The zero-order chi connectivity index (χ0) is 19.5. The third-order valence-electron chi connectivity index (χ3n) is 3.85. The lowest BCUT2D eigenvalue weighted by atomic mass is 9.99. The maximum Gasteiger partial charge on any atom is 0.318 e. The molecule has 8 heteroatoms. The molecule has 5 N–H and O–H groups in total. The fourth-order valence-corrected chi connectivity index (χ4v) is 2.40. The number of benzene rings is 1. The molecule has 0 spiro atoms. The minimum absolute atomic E-state index is 0.121. The van der Waals surface area contributed by atoms with E-state index in [1.165, 1.54) is 0 Å². The first kappa shape index (κ1) is 21.1. The quantitative estimate of drug-likeness (QED) is 0.328. The number of hydrogen-bond acceptors (Lipinski definition) is 4. The van der Waals surface area contributed by atoms with Crippen molar-refractivity contribution in [2.45, 2.75) is 44.9 Å². The van der Waals surface area contributed by atoms with Gasteiger partial charge < -0.3 is 21.3 Å². The summed E-state index contributed by atoms with van der Waals surface area (Å²) in [5, 5.41) is 20.5. The molecule has 0 heterocycles. The van der Waals surface area contributed by atoms with Crippen molar-refractivity contribution in [3.05, 3.63) is 29.8 Å². The molecule has 0 saturated heterocycles. The third kappa shape index (κ3) is 8.27. The highest BCUT2D eigenvalue weighted by Gasteiger charge is 2.25. The molecule has 1 aromatic rings. The van der Waals surface area contributed by atoms with Gasteiger partial charge in [-0.05, 0) is 37.0 Å². The van der Waals surface area contributed by atoms with E-state index in [2.05, 4.69) is 5.32 Å². The summed E-state index contributed by atoms with van der Waals surface area (Å²) in [5.74, 6) is -4.72. The van der Waals surface area contributed by atoms with Gasteiger partial charge in [-0.2, -0.15) is 0 Å². The predicted octanol–water partition coefficient (Wildman–Crippen LogP) is 1.78. The van der Waals surface area contributed by atoms with Crippen LogP contribution in [0.2, 0.25) is 0 Å². The molecule has 0 aliphatic heterocycles. The van der Waals surface area contributed by atoms with Crippen LogP contribution in [0.15, 0.2) is 24.3 Å². The molecule has 0 unspecified atom stereocenters. The third-order valence-corrected chi connectivity index (χ3v) is 3.85. The van der Waals surface area contributed by atoms with Crippen molar-refractivity contribution in [2.75, 3.05) is 5.32 Å². The highest BCUT2D eigenvalue weighted by atomic mass is 16.4. The maximum absolute atomic E-state index is 11.9. The first-order chi connectivity index (χ1) is 12.3. The Bertz CT molecular complexity index is 628. The van der Waals surface area contributed by atoms with Crippen LogP contribution in [-0.4, -0.2) is 34.0 Å². The molecule has 1 aromatic carbocycles. The minimum Gasteiger partial charge on any atom is -0.481 e. The molecule has 142 valence electrons. The van der Waals surface area contributed by atoms with E-state index in [1.54, 1.807) is 24.3 Å². The van der Waals surface area contributed by atoms with Crippen LogP contribution < -0.4 is 11.1 Å². The summed E-state index contributed by atoms with van der Waals surface area (Å²) < 4.78 is 0. The summed E-state index contributed by atoms with van der Waals surface area (Å²) in [5.41, 5.74) is 6.17. The molecule has 0 aromatic heterocycles. The van der Waals surface area contributed by atoms with Gasteiger partial charge in [-0.1, -0.05) is 25.0 Å². The molecule has 0 fully saturated rings. The lowest BCUT2D eigenvalue weighted by Gasteiger charge is -2.09. The number of nitrogens with one attached hydrogen (secondary N) is 1. The topological polar surface area (TPSA) is 147 Å². The molecule has 0 aliphatic carbocycles. The van der Waals surface area contributed by atoms with Crippen LogP contribution in [0.5, 0.6) is 0 Å². The van der Waals surface area contributed by atoms with E-state index < -0.39 is 17.9 Å². The molecule has 2 amide bonds. The van der Waals surface area contributed by atoms with Gasteiger partial charge in [0.2, 0.25) is 11.8 Å². The number of rotatable bonds is 12. The maximum atomic E-state index is 11.9. The molecule has 0 atom stereocenters. The number of carbonyl (C=O) groups excluding carboxylic acids is 2. The van der Waals surface area contributed by atoms with Crippen LogP contribution >= 0.6 is 0 Å². The summed E-state index contributed by atoms with van der Waals surface area (Å²) in [4.78, 5) is 44.2. The summed E-state index contributed by atoms with van der Waals surface area (Å²) >= 11 is 0. The van der Waals surface area contributed by atoms with Gasteiger partial charge in [0.1, 0.15) is 0 Å². The van der Waals surface area contributed by atoms with Gasteiger partial charge in [-0.25, -0.2) is 0 Å². The number of carboxylic acid groups (broad SMARTS) is 2. The molecule has 0 bridgehead atoms. The Labute approximate surface area is 151 Å². The van der Waals surface area contributed by atoms with Crippen molar-refractivity contribution in [1.29, 1.82) is 0 Å². The number of carbonyl (C=O) groups is 4. The molecule has 8 nitrogen and oxygen atoms in total. The van der Waals surface area contributed by atoms with Gasteiger partial charge in [0, 0.05) is 18.5 Å². The molecule has 26 heavy (non-hydrogen) atoms. The fourth-order valence-electron chi connectivity index (χ4n) is 2.40. The summed E-state index contributed by atoms with van der Waals surface area (Å²) in [6.45, 7) is 0. The van der Waals surface area contributed by atoms with E-state index in [-0.39, 0.29) is 18.2 Å². The largest absolute Gasteiger partial charge is 0.481 e. The molecule has 0 aliphatic rings. The molecular formula is C18H24N2O6. The van der Waals surface area contributed by atoms with Crippen molar-refractivity contribution in [3.8, 4) is 0 Å². The SMILES string of the molecule is NC(=O)CCCCCCC(=O)Nc1ccc(CC(C(=O)O)C(=O)O)cc1. The number of nitrogens with two attached hydrogens (primary N) is 1. The fraction of sp³-hybridized carbons (Fsp3) is 0.444. The van der Waals surface area contributed by atoms with Gasteiger partial charge >= 0.3 is 11.9 Å². The second-order valence-corrected chi connectivity index (χ2v) is 6.06. The Balaban J connectivity index is 2.37. The second kappa shape index (κ2) is 10.9. The van der Waals surface area contributed by atoms with Gasteiger partial charge in [0.15, 0.2) is 5.92 Å². The number of unbranched alkanes of at least 4 members (excludes halogenated alkanes) is 3. The Kier molecular flexibility index (Phi) is 8.83. The number of carboxylic acids is 2. The molecular weight excluding hydrogens is 340 g/mol. The molecule has 1 rings (SSSR count). The van der Waals surface area contributed by atoms with Crippen molar-refractivity contribution < 1.29 is 29.4 Å². The van der Waals surface area contributed by atoms with E-state index in [0.29, 0.717) is 30.5 Å². The molecule has 0 radical (unpaired) electrons. The van der Waals surface area contributed by atoms with Crippen LogP contribution in [0.3, 0.4) is 0 Å². The van der Waals surface area contributed by atoms with E-state index >= 15 is 0 Å². The van der Waals surface area contributed by atoms with Crippen molar-refractivity contribution in [1.82, 2.24) is 0 Å². The number of amides is 2. The van der Waals surface area contributed by atoms with Gasteiger partial charge in [0.25, 0.3) is 0 Å². The van der Waals surface area contributed by atoms with Crippen molar-refractivity contribution in [3.63, 3.8) is 0 Å². The normalized spacial score (nSPS) is 10.5. The zero-order valence-corrected chi connectivity index (χ0v) is 14.4. The Hall–Kier alpha value is -2.90. The lowest BCUT2D eigenvalue weighted by Crippen LogP contribution is -2.25. The van der Waals surface area contributed by atoms with Crippen LogP contribution in [-0.2, 0) is 25.6 Å².